The number of carboxylic acids is 1. The van der Waals surface area contributed by atoms with Crippen molar-refractivity contribution in [3.63, 3.8) is 0 Å². The third kappa shape index (κ3) is 10.7. The molecular weight excluding hydrogens is 500 g/mol. The molecule has 206 valence electrons. The number of hydrogen-bond donors (Lipinski definition) is 5. The summed E-state index contributed by atoms with van der Waals surface area (Å²) in [5.74, 6) is -2.97. The predicted octanol–water partition coefficient (Wildman–Crippen LogP) is 2.75. The summed E-state index contributed by atoms with van der Waals surface area (Å²) in [7, 11) is 0. The van der Waals surface area contributed by atoms with Crippen molar-refractivity contribution in [2.24, 2.45) is 10.7 Å². The first-order valence-electron chi connectivity index (χ1n) is 12.2. The van der Waals surface area contributed by atoms with Gasteiger partial charge in [0.15, 0.2) is 12.1 Å². The number of aliphatic carboxylic acids is 1. The third-order valence-electron chi connectivity index (χ3n) is 5.42. The van der Waals surface area contributed by atoms with Crippen LogP contribution in [-0.2, 0) is 19.1 Å². The summed E-state index contributed by atoms with van der Waals surface area (Å²) in [5, 5.41) is 20.7. The number of carboxylic acid groups (broad SMARTS) is 1. The highest BCUT2D eigenvalue weighted by Gasteiger charge is 2.32. The van der Waals surface area contributed by atoms with Crippen LogP contribution in [0.3, 0.4) is 0 Å². The number of rotatable bonds is 13. The fourth-order valence-corrected chi connectivity index (χ4v) is 3.23. The number of aliphatic imine (C=N–C) groups is 1. The molecule has 2 amide bonds. The number of allylic oxidation sites excluding steroid dienone is 10. The molecule has 10 heteroatoms. The fourth-order valence-electron chi connectivity index (χ4n) is 3.23. The zero-order chi connectivity index (χ0) is 28.8. The van der Waals surface area contributed by atoms with Crippen molar-refractivity contribution in [2.75, 3.05) is 0 Å². The van der Waals surface area contributed by atoms with E-state index in [4.69, 9.17) is 15.6 Å². The van der Waals surface area contributed by atoms with Crippen molar-refractivity contribution in [2.45, 2.75) is 45.1 Å². The highest BCUT2D eigenvalue weighted by atomic mass is 16.5. The highest BCUT2D eigenvalue weighted by molar-refractivity contribution is 5.97. The molecule has 1 aliphatic heterocycles. The normalized spacial score (nSPS) is 20.3. The van der Waals surface area contributed by atoms with E-state index >= 15 is 0 Å². The SMILES string of the molecule is CC(/C=C/C=C/C=C/C=C/C=C(\C)C(=O)N[C@H](C(=O)O)[C@@H](O)C(N)=O)=C\[C@@H]1N=C(/C=C/c2ccc[nH]2)O[C@H]1C. The van der Waals surface area contributed by atoms with Gasteiger partial charge in [0.25, 0.3) is 0 Å². The van der Waals surface area contributed by atoms with Crippen LogP contribution in [0.2, 0.25) is 0 Å². The highest BCUT2D eigenvalue weighted by Crippen LogP contribution is 2.17. The van der Waals surface area contributed by atoms with E-state index in [-0.39, 0.29) is 17.7 Å². The molecule has 0 unspecified atom stereocenters. The number of ether oxygens (including phenoxy) is 1. The average molecular weight is 535 g/mol. The Bertz CT molecular complexity index is 1250. The number of hydrogen-bond acceptors (Lipinski definition) is 6. The molecule has 0 saturated heterocycles. The summed E-state index contributed by atoms with van der Waals surface area (Å²) < 4.78 is 5.81. The molecule has 0 radical (unpaired) electrons. The van der Waals surface area contributed by atoms with Gasteiger partial charge < -0.3 is 31.0 Å². The largest absolute Gasteiger partial charge is 0.480 e. The molecule has 1 aromatic rings. The minimum absolute atomic E-state index is 0.0500. The lowest BCUT2D eigenvalue weighted by molar-refractivity contribution is -0.148. The van der Waals surface area contributed by atoms with Gasteiger partial charge in [-0.05, 0) is 39.0 Å². The van der Waals surface area contributed by atoms with Crippen LogP contribution in [0.4, 0.5) is 0 Å². The lowest BCUT2D eigenvalue weighted by atomic mass is 10.1. The number of carbonyl (C=O) groups is 3. The maximum atomic E-state index is 12.1. The Morgan fingerprint density at radius 2 is 1.77 bits per heavy atom. The molecule has 0 spiro atoms. The molecule has 1 aromatic heterocycles. The van der Waals surface area contributed by atoms with Crippen LogP contribution in [0.25, 0.3) is 6.08 Å². The number of aliphatic hydroxyl groups is 1. The number of aromatic amines is 1. The number of aromatic nitrogens is 1. The van der Waals surface area contributed by atoms with Crippen LogP contribution in [-0.4, -0.2) is 63.2 Å². The van der Waals surface area contributed by atoms with Crippen LogP contribution in [0.1, 0.15) is 26.5 Å². The fraction of sp³-hybridized carbons (Fsp3) is 0.241. The average Bonchev–Trinajstić information content (AvgIpc) is 3.53. The van der Waals surface area contributed by atoms with Crippen LogP contribution >= 0.6 is 0 Å². The Morgan fingerprint density at radius 1 is 1.10 bits per heavy atom. The van der Waals surface area contributed by atoms with Gasteiger partial charge in [-0.25, -0.2) is 9.79 Å². The second-order valence-electron chi connectivity index (χ2n) is 8.65. The maximum absolute atomic E-state index is 12.1. The first-order chi connectivity index (χ1) is 18.6. The van der Waals surface area contributed by atoms with Crippen molar-refractivity contribution in [1.29, 1.82) is 0 Å². The summed E-state index contributed by atoms with van der Waals surface area (Å²) in [5.41, 5.74) is 7.11. The zero-order valence-electron chi connectivity index (χ0n) is 22.0. The standard InChI is InChI=1S/C29H34N4O6/c1-19(18-23-21(3)39-24(32-23)16-15-22-14-11-17-31-22)12-9-7-5-4-6-8-10-13-20(2)28(36)33-25(29(37)38)26(34)27(30)35/h4-18,21,23,25-26,31,34H,1-3H3,(H2,30,35)(H,33,36)(H,37,38)/b6-4+,7-5+,10-8+,12-9+,16-15+,19-18+,20-13+/t21-,23-,25-,26+/m0/s1. The van der Waals surface area contributed by atoms with Gasteiger partial charge >= 0.3 is 5.97 Å². The maximum Gasteiger partial charge on any atom is 0.329 e. The number of amides is 2. The Morgan fingerprint density at radius 3 is 2.38 bits per heavy atom. The van der Waals surface area contributed by atoms with Gasteiger partial charge in [-0.2, -0.15) is 0 Å². The summed E-state index contributed by atoms with van der Waals surface area (Å²) in [6, 6.07) is 1.99. The number of aliphatic hydroxyl groups excluding tert-OH is 1. The molecule has 0 aliphatic carbocycles. The molecule has 6 N–H and O–H groups in total. The molecule has 0 bridgehead atoms. The van der Waals surface area contributed by atoms with E-state index in [1.807, 2.05) is 68.6 Å². The van der Waals surface area contributed by atoms with Crippen molar-refractivity contribution in [3.05, 3.63) is 102 Å². The smallest absolute Gasteiger partial charge is 0.329 e. The molecule has 2 rings (SSSR count). The van der Waals surface area contributed by atoms with E-state index in [9.17, 15) is 19.5 Å². The van der Waals surface area contributed by atoms with Gasteiger partial charge in [0.1, 0.15) is 12.1 Å². The van der Waals surface area contributed by atoms with Gasteiger partial charge in [-0.1, -0.05) is 66.3 Å². The van der Waals surface area contributed by atoms with Crippen LogP contribution in [0.5, 0.6) is 0 Å². The molecule has 0 aromatic carbocycles. The number of nitrogens with one attached hydrogen (secondary N) is 2. The topological polar surface area (TPSA) is 167 Å². The van der Waals surface area contributed by atoms with Crippen molar-refractivity contribution < 1.29 is 29.3 Å². The van der Waals surface area contributed by atoms with Gasteiger partial charge in [0.05, 0.1) is 0 Å². The molecular formula is C29H34N4O6. The van der Waals surface area contributed by atoms with E-state index in [2.05, 4.69) is 21.4 Å². The molecule has 2 heterocycles. The molecule has 0 fully saturated rings. The van der Waals surface area contributed by atoms with E-state index in [1.165, 1.54) is 13.0 Å². The van der Waals surface area contributed by atoms with Crippen molar-refractivity contribution >= 4 is 29.8 Å². The van der Waals surface area contributed by atoms with Crippen LogP contribution < -0.4 is 11.1 Å². The van der Waals surface area contributed by atoms with Crippen LogP contribution in [0, 0.1) is 0 Å². The second kappa shape index (κ2) is 15.5. The molecule has 1 aliphatic rings. The Hall–Kier alpha value is -4.70. The minimum Gasteiger partial charge on any atom is -0.480 e. The van der Waals surface area contributed by atoms with Crippen molar-refractivity contribution in [1.82, 2.24) is 10.3 Å². The van der Waals surface area contributed by atoms with E-state index < -0.39 is 29.9 Å². The predicted molar refractivity (Wildman–Crippen MR) is 150 cm³/mol. The number of nitrogens with zero attached hydrogens (tertiary/aromatic N) is 1. The first kappa shape index (κ1) is 30.5. The molecule has 4 atom stereocenters. The minimum atomic E-state index is -2.04. The molecule has 39 heavy (non-hydrogen) atoms. The van der Waals surface area contributed by atoms with Crippen LogP contribution in [0.15, 0.2) is 101 Å². The quantitative estimate of drug-likeness (QED) is 0.193. The Balaban J connectivity index is 1.82. The second-order valence-corrected chi connectivity index (χ2v) is 8.65. The number of H-pyrrole nitrogens is 1. The zero-order valence-corrected chi connectivity index (χ0v) is 22.0. The molecule has 0 saturated carbocycles. The summed E-state index contributed by atoms with van der Waals surface area (Å²) in [6.07, 6.45) is 21.5. The first-order valence-corrected chi connectivity index (χ1v) is 12.2. The summed E-state index contributed by atoms with van der Waals surface area (Å²) >= 11 is 0. The summed E-state index contributed by atoms with van der Waals surface area (Å²) in [4.78, 5) is 42.0. The van der Waals surface area contributed by atoms with Gasteiger partial charge in [-0.15, -0.1) is 0 Å². The van der Waals surface area contributed by atoms with Gasteiger partial charge in [0.2, 0.25) is 17.7 Å². The number of primary amides is 1. The van der Waals surface area contributed by atoms with Gasteiger partial charge in [0, 0.05) is 23.5 Å². The van der Waals surface area contributed by atoms with E-state index in [0.29, 0.717) is 5.90 Å². The Labute approximate surface area is 227 Å². The van der Waals surface area contributed by atoms with Gasteiger partial charge in [-0.3, -0.25) is 9.59 Å². The monoisotopic (exact) mass is 534 g/mol. The number of carbonyl (C=O) groups excluding carboxylic acids is 2. The lowest BCUT2D eigenvalue weighted by Crippen LogP contribution is -2.53. The van der Waals surface area contributed by atoms with E-state index in [0.717, 1.165) is 11.3 Å². The van der Waals surface area contributed by atoms with Crippen molar-refractivity contribution in [3.8, 4) is 0 Å². The summed E-state index contributed by atoms with van der Waals surface area (Å²) in [6.45, 7) is 5.44. The lowest BCUT2D eigenvalue weighted by Gasteiger charge is -2.17. The Kier molecular flexibility index (Phi) is 12.2. The number of nitrogens with two attached hydrogens (primary N) is 1. The molecule has 10 nitrogen and oxygen atoms in total. The van der Waals surface area contributed by atoms with E-state index in [1.54, 1.807) is 24.3 Å². The third-order valence-corrected chi connectivity index (χ3v) is 5.42.